The first kappa shape index (κ1) is 20.0. The fraction of sp³-hybridized carbons (Fsp3) is 0.429. The van der Waals surface area contributed by atoms with Crippen molar-refractivity contribution in [1.29, 1.82) is 0 Å². The number of nitrogens with zero attached hydrogens (tertiary/aromatic N) is 1. The third kappa shape index (κ3) is 5.17. The monoisotopic (exact) mass is 388 g/mol. The lowest BCUT2D eigenvalue weighted by atomic mass is 10.1. The Kier molecular flexibility index (Phi) is 6.32. The molecule has 0 saturated carbocycles. The Hall–Kier alpha value is -1.73. The Bertz CT molecular complexity index is 837. The molecule has 3 atom stereocenters. The molecule has 0 aliphatic carbocycles. The molecule has 0 bridgehead atoms. The first-order valence-electron chi connectivity index (χ1n) is 9.38. The highest BCUT2D eigenvalue weighted by molar-refractivity contribution is 7.89. The highest BCUT2D eigenvalue weighted by Crippen LogP contribution is 2.25. The van der Waals surface area contributed by atoms with Crippen LogP contribution in [0.3, 0.4) is 0 Å². The maximum absolute atomic E-state index is 13.1. The summed E-state index contributed by atoms with van der Waals surface area (Å²) in [6.45, 7) is 5.60. The Morgan fingerprint density at radius 2 is 1.78 bits per heavy atom. The van der Waals surface area contributed by atoms with E-state index in [4.69, 9.17) is 0 Å². The first-order valence-corrected chi connectivity index (χ1v) is 10.9. The predicted octanol–water partition coefficient (Wildman–Crippen LogP) is 2.78. The van der Waals surface area contributed by atoms with Gasteiger partial charge in [-0.15, -0.1) is 0 Å². The van der Waals surface area contributed by atoms with Crippen molar-refractivity contribution in [3.8, 4) is 0 Å². The van der Waals surface area contributed by atoms with Crippen molar-refractivity contribution >= 4 is 10.0 Å². The Morgan fingerprint density at radius 1 is 1.11 bits per heavy atom. The van der Waals surface area contributed by atoms with Gasteiger partial charge in [0, 0.05) is 19.6 Å². The number of β-amino-alcohol motifs (C(OH)–C–C–N with tert-alkyl or cyclic N) is 1. The number of aliphatic hydroxyl groups is 1. The molecular formula is C21H28N2O3S. The van der Waals surface area contributed by atoms with Crippen LogP contribution in [0.5, 0.6) is 0 Å². The maximum Gasteiger partial charge on any atom is 0.218 e. The van der Waals surface area contributed by atoms with E-state index in [2.05, 4.69) is 9.62 Å². The van der Waals surface area contributed by atoms with Crippen molar-refractivity contribution in [1.82, 2.24) is 9.62 Å². The topological polar surface area (TPSA) is 69.6 Å². The Labute approximate surface area is 162 Å². The molecular weight excluding hydrogens is 360 g/mol. The number of likely N-dealkylation sites (tertiary alicyclic amines) is 1. The molecule has 2 N–H and O–H groups in total. The third-order valence-corrected chi connectivity index (χ3v) is 7.03. The van der Waals surface area contributed by atoms with Gasteiger partial charge in [-0.05, 0) is 31.4 Å². The van der Waals surface area contributed by atoms with Crippen LogP contribution in [0.25, 0.3) is 0 Å². The van der Waals surface area contributed by atoms with Crippen LogP contribution in [0.2, 0.25) is 0 Å². The van der Waals surface area contributed by atoms with Gasteiger partial charge < -0.3 is 5.11 Å². The van der Waals surface area contributed by atoms with E-state index in [0.29, 0.717) is 13.1 Å². The van der Waals surface area contributed by atoms with Gasteiger partial charge in [-0.1, -0.05) is 60.2 Å². The van der Waals surface area contributed by atoms with E-state index in [0.717, 1.165) is 29.7 Å². The summed E-state index contributed by atoms with van der Waals surface area (Å²) in [6, 6.07) is 16.9. The quantitative estimate of drug-likeness (QED) is 0.765. The van der Waals surface area contributed by atoms with E-state index < -0.39 is 15.3 Å². The minimum atomic E-state index is -3.57. The summed E-state index contributed by atoms with van der Waals surface area (Å²) in [6.07, 6.45) is 0.401. The molecule has 6 heteroatoms. The van der Waals surface area contributed by atoms with Crippen LogP contribution in [0.4, 0.5) is 0 Å². The van der Waals surface area contributed by atoms with Crippen LogP contribution >= 0.6 is 0 Å². The van der Waals surface area contributed by atoms with Crippen molar-refractivity contribution in [2.45, 2.75) is 37.7 Å². The van der Waals surface area contributed by atoms with E-state index >= 15 is 0 Å². The molecule has 1 aliphatic heterocycles. The fourth-order valence-corrected chi connectivity index (χ4v) is 4.78. The number of nitrogens with one attached hydrogen (secondary N) is 1. The van der Waals surface area contributed by atoms with Gasteiger partial charge in [0.25, 0.3) is 0 Å². The lowest BCUT2D eigenvalue weighted by Gasteiger charge is -2.26. The summed E-state index contributed by atoms with van der Waals surface area (Å²) in [5.41, 5.74) is 2.81. The number of sulfonamides is 1. The van der Waals surface area contributed by atoms with Crippen molar-refractivity contribution < 1.29 is 13.5 Å². The Balaban J connectivity index is 1.80. The molecule has 1 fully saturated rings. The zero-order valence-corrected chi connectivity index (χ0v) is 16.7. The normalized spacial score (nSPS) is 20.5. The molecule has 0 spiro atoms. The number of aryl methyl sites for hydroxylation is 1. The summed E-state index contributed by atoms with van der Waals surface area (Å²) in [5.74, 6) is 0. The standard InChI is InChI=1S/C21H28N2O3S/c1-16-8-10-18(11-9-16)17(2)27(25,26)22-21(19-6-4-3-5-7-19)15-23-13-12-20(24)14-23/h3-11,17,20-22,24H,12-15H2,1-2H3. The molecule has 0 aromatic heterocycles. The minimum absolute atomic E-state index is 0.329. The van der Waals surface area contributed by atoms with Crippen molar-refractivity contribution in [2.75, 3.05) is 19.6 Å². The van der Waals surface area contributed by atoms with Gasteiger partial charge >= 0.3 is 0 Å². The summed E-state index contributed by atoms with van der Waals surface area (Å²) in [7, 11) is -3.57. The number of rotatable bonds is 7. The van der Waals surface area contributed by atoms with E-state index in [-0.39, 0.29) is 12.1 Å². The molecule has 3 unspecified atom stereocenters. The highest BCUT2D eigenvalue weighted by atomic mass is 32.2. The van der Waals surface area contributed by atoms with Crippen molar-refractivity contribution in [3.05, 3.63) is 71.3 Å². The van der Waals surface area contributed by atoms with Crippen LogP contribution in [-0.4, -0.2) is 44.2 Å². The largest absolute Gasteiger partial charge is 0.392 e. The van der Waals surface area contributed by atoms with Gasteiger partial charge in [0.15, 0.2) is 0 Å². The molecule has 0 radical (unpaired) electrons. The van der Waals surface area contributed by atoms with Gasteiger partial charge in [-0.2, -0.15) is 0 Å². The second-order valence-corrected chi connectivity index (χ2v) is 9.41. The molecule has 146 valence electrons. The molecule has 1 heterocycles. The predicted molar refractivity (Wildman–Crippen MR) is 108 cm³/mol. The number of aliphatic hydroxyl groups excluding tert-OH is 1. The van der Waals surface area contributed by atoms with Crippen LogP contribution in [0.15, 0.2) is 54.6 Å². The Morgan fingerprint density at radius 3 is 2.37 bits per heavy atom. The van der Waals surface area contributed by atoms with Gasteiger partial charge in [0.05, 0.1) is 17.4 Å². The zero-order chi connectivity index (χ0) is 19.4. The maximum atomic E-state index is 13.1. The van der Waals surface area contributed by atoms with E-state index in [1.54, 1.807) is 6.92 Å². The molecule has 1 aliphatic rings. The lowest BCUT2D eigenvalue weighted by Crippen LogP contribution is -2.39. The molecule has 1 saturated heterocycles. The van der Waals surface area contributed by atoms with Crippen LogP contribution in [0, 0.1) is 6.92 Å². The average molecular weight is 389 g/mol. The smallest absolute Gasteiger partial charge is 0.218 e. The zero-order valence-electron chi connectivity index (χ0n) is 15.9. The summed E-state index contributed by atoms with van der Waals surface area (Å²) >= 11 is 0. The third-order valence-electron chi connectivity index (χ3n) is 5.21. The van der Waals surface area contributed by atoms with Crippen LogP contribution in [0.1, 0.15) is 41.3 Å². The molecule has 3 rings (SSSR count). The summed E-state index contributed by atoms with van der Waals surface area (Å²) < 4.78 is 29.0. The molecule has 2 aromatic rings. The molecule has 5 nitrogen and oxygen atoms in total. The first-order chi connectivity index (χ1) is 12.8. The number of hydrogen-bond acceptors (Lipinski definition) is 4. The van der Waals surface area contributed by atoms with Crippen LogP contribution < -0.4 is 4.72 Å². The summed E-state index contributed by atoms with van der Waals surface area (Å²) in [4.78, 5) is 2.11. The fourth-order valence-electron chi connectivity index (χ4n) is 3.45. The second-order valence-electron chi connectivity index (χ2n) is 7.38. The van der Waals surface area contributed by atoms with Gasteiger partial charge in [0.1, 0.15) is 0 Å². The highest BCUT2D eigenvalue weighted by Gasteiger charge is 2.29. The lowest BCUT2D eigenvalue weighted by molar-refractivity contribution is 0.173. The molecule has 27 heavy (non-hydrogen) atoms. The number of hydrogen-bond donors (Lipinski definition) is 2. The average Bonchev–Trinajstić information content (AvgIpc) is 3.06. The number of benzene rings is 2. The van der Waals surface area contributed by atoms with E-state index in [1.807, 2.05) is 61.5 Å². The second kappa shape index (κ2) is 8.52. The molecule has 2 aromatic carbocycles. The van der Waals surface area contributed by atoms with Gasteiger partial charge in [0.2, 0.25) is 10.0 Å². The van der Waals surface area contributed by atoms with Crippen LogP contribution in [-0.2, 0) is 10.0 Å². The molecule has 0 amide bonds. The van der Waals surface area contributed by atoms with E-state index in [9.17, 15) is 13.5 Å². The van der Waals surface area contributed by atoms with Crippen molar-refractivity contribution in [3.63, 3.8) is 0 Å². The summed E-state index contributed by atoms with van der Waals surface area (Å²) in [5, 5.41) is 9.15. The van der Waals surface area contributed by atoms with Gasteiger partial charge in [-0.3, -0.25) is 4.90 Å². The van der Waals surface area contributed by atoms with Crippen molar-refractivity contribution in [2.24, 2.45) is 0 Å². The SMILES string of the molecule is Cc1ccc(C(C)S(=O)(=O)NC(CN2CCC(O)C2)c2ccccc2)cc1. The van der Waals surface area contributed by atoms with Gasteiger partial charge in [-0.25, -0.2) is 13.1 Å². The minimum Gasteiger partial charge on any atom is -0.392 e. The van der Waals surface area contributed by atoms with E-state index in [1.165, 1.54) is 0 Å².